The molecule has 3 N–H and O–H groups in total. The quantitative estimate of drug-likeness (QED) is 0.848. The zero-order valence-electron chi connectivity index (χ0n) is 12.0. The molecule has 1 aromatic carbocycles. The fraction of sp³-hybridized carbons (Fsp3) is 0.375. The molecular formula is C16H20N4O. The number of nitrogens with zero attached hydrogens (tertiary/aromatic N) is 2. The predicted molar refractivity (Wildman–Crippen MR) is 85.1 cm³/mol. The smallest absolute Gasteiger partial charge is 0.241 e. The Morgan fingerprint density at radius 2 is 2.05 bits per heavy atom. The summed E-state index contributed by atoms with van der Waals surface area (Å²) in [5.41, 5.74) is 7.64. The van der Waals surface area contributed by atoms with Crippen LogP contribution in [0.4, 0.5) is 11.4 Å². The molecule has 0 aliphatic carbocycles. The number of benzene rings is 1. The molecule has 1 aliphatic heterocycles. The second kappa shape index (κ2) is 5.99. The van der Waals surface area contributed by atoms with Gasteiger partial charge in [-0.1, -0.05) is 6.07 Å². The Kier molecular flexibility index (Phi) is 3.90. The Hall–Kier alpha value is -2.30. The third-order valence-corrected chi connectivity index (χ3v) is 4.00. The molecule has 2 aromatic rings. The van der Waals surface area contributed by atoms with Gasteiger partial charge in [0.15, 0.2) is 0 Å². The number of hydrogen-bond donors (Lipinski definition) is 2. The van der Waals surface area contributed by atoms with Crippen LogP contribution < -0.4 is 11.1 Å². The molecule has 0 spiro atoms. The molecule has 110 valence electrons. The summed E-state index contributed by atoms with van der Waals surface area (Å²) in [5, 5.41) is 5.13. The molecule has 5 heteroatoms. The third kappa shape index (κ3) is 2.91. The Balaban J connectivity index is 1.70. The number of carbonyl (C=O) groups excluding carboxylic acids is 1. The highest BCUT2D eigenvalue weighted by Crippen LogP contribution is 2.27. The summed E-state index contributed by atoms with van der Waals surface area (Å²) in [6.07, 6.45) is 6.95. The Morgan fingerprint density at radius 3 is 2.86 bits per heavy atom. The molecule has 1 aromatic heterocycles. The maximum atomic E-state index is 12.2. The summed E-state index contributed by atoms with van der Waals surface area (Å²) in [6.45, 7) is 2.04. The summed E-state index contributed by atoms with van der Waals surface area (Å²) in [4.78, 5) is 18.2. The van der Waals surface area contributed by atoms with Crippen molar-refractivity contribution in [2.75, 3.05) is 30.7 Å². The van der Waals surface area contributed by atoms with Gasteiger partial charge in [0.2, 0.25) is 5.91 Å². The third-order valence-electron chi connectivity index (χ3n) is 4.00. The normalized spacial score (nSPS) is 15.1. The number of rotatable bonds is 3. The number of carbonyl (C=O) groups is 1. The van der Waals surface area contributed by atoms with Gasteiger partial charge in [-0.15, -0.1) is 0 Å². The number of aromatic nitrogens is 1. The van der Waals surface area contributed by atoms with Gasteiger partial charge in [-0.25, -0.2) is 0 Å². The number of amides is 1. The van der Waals surface area contributed by atoms with Crippen LogP contribution in [0.5, 0.6) is 0 Å². The van der Waals surface area contributed by atoms with E-state index in [1.165, 1.54) is 6.42 Å². The van der Waals surface area contributed by atoms with Crippen LogP contribution in [0.15, 0.2) is 30.6 Å². The second-order valence-electron chi connectivity index (χ2n) is 5.42. The van der Waals surface area contributed by atoms with Crippen molar-refractivity contribution in [1.82, 2.24) is 9.88 Å². The largest absolute Gasteiger partial charge is 0.397 e. The number of anilines is 2. The molecule has 0 bridgehead atoms. The number of hydrogen-bond acceptors (Lipinski definition) is 4. The average molecular weight is 284 g/mol. The Morgan fingerprint density at radius 1 is 1.24 bits per heavy atom. The number of nitrogens with one attached hydrogen (secondary N) is 1. The molecular weight excluding hydrogens is 264 g/mol. The number of fused-ring (bicyclic) bond motifs is 1. The number of piperidine rings is 1. The molecule has 0 radical (unpaired) electrons. The van der Waals surface area contributed by atoms with Gasteiger partial charge in [0.05, 0.1) is 17.9 Å². The minimum Gasteiger partial charge on any atom is -0.397 e. The molecule has 21 heavy (non-hydrogen) atoms. The van der Waals surface area contributed by atoms with E-state index in [1.54, 1.807) is 12.4 Å². The van der Waals surface area contributed by atoms with Gasteiger partial charge >= 0.3 is 0 Å². The van der Waals surface area contributed by atoms with E-state index in [1.807, 2.05) is 23.1 Å². The number of nitrogens with two attached hydrogens (primary N) is 1. The summed E-state index contributed by atoms with van der Waals surface area (Å²) in [6, 6.07) is 5.76. The lowest BCUT2D eigenvalue weighted by atomic mass is 10.1. The van der Waals surface area contributed by atoms with Crippen molar-refractivity contribution in [3.05, 3.63) is 30.6 Å². The summed E-state index contributed by atoms with van der Waals surface area (Å²) >= 11 is 0. The lowest BCUT2D eigenvalue weighted by molar-refractivity contribution is -0.130. The first-order valence-electron chi connectivity index (χ1n) is 7.39. The Labute approximate surface area is 124 Å². The van der Waals surface area contributed by atoms with Crippen molar-refractivity contribution >= 4 is 28.1 Å². The van der Waals surface area contributed by atoms with Crippen LogP contribution in [-0.4, -0.2) is 35.4 Å². The van der Waals surface area contributed by atoms with Crippen LogP contribution >= 0.6 is 0 Å². The lowest BCUT2D eigenvalue weighted by Gasteiger charge is -2.27. The van der Waals surface area contributed by atoms with Gasteiger partial charge in [-0.05, 0) is 31.4 Å². The SMILES string of the molecule is Nc1c(NCC(=O)N2CCCCC2)ccc2cnccc12. The van der Waals surface area contributed by atoms with Crippen molar-refractivity contribution in [2.45, 2.75) is 19.3 Å². The zero-order valence-corrected chi connectivity index (χ0v) is 12.0. The van der Waals surface area contributed by atoms with E-state index >= 15 is 0 Å². The van der Waals surface area contributed by atoms with Gasteiger partial charge in [0.1, 0.15) is 0 Å². The lowest BCUT2D eigenvalue weighted by Crippen LogP contribution is -2.39. The standard InChI is InChI=1S/C16H20N4O/c17-16-13-6-7-18-10-12(13)4-5-14(16)19-11-15(21)20-8-2-1-3-9-20/h4-7,10,19H,1-3,8-9,11,17H2. The van der Waals surface area contributed by atoms with E-state index in [2.05, 4.69) is 10.3 Å². The van der Waals surface area contributed by atoms with E-state index in [-0.39, 0.29) is 5.91 Å². The van der Waals surface area contributed by atoms with Gasteiger partial charge < -0.3 is 16.0 Å². The van der Waals surface area contributed by atoms with E-state index in [9.17, 15) is 4.79 Å². The maximum absolute atomic E-state index is 12.2. The van der Waals surface area contributed by atoms with Gasteiger partial charge in [-0.2, -0.15) is 0 Å². The first-order chi connectivity index (χ1) is 10.3. The highest BCUT2D eigenvalue weighted by atomic mass is 16.2. The molecule has 5 nitrogen and oxygen atoms in total. The molecule has 1 amide bonds. The van der Waals surface area contributed by atoms with Crippen molar-refractivity contribution in [1.29, 1.82) is 0 Å². The second-order valence-corrected chi connectivity index (χ2v) is 5.42. The number of pyridine rings is 1. The molecule has 1 aliphatic rings. The van der Waals surface area contributed by atoms with Crippen LogP contribution in [0.2, 0.25) is 0 Å². The molecule has 0 unspecified atom stereocenters. The van der Waals surface area contributed by atoms with Crippen molar-refractivity contribution in [3.8, 4) is 0 Å². The fourth-order valence-corrected chi connectivity index (χ4v) is 2.77. The summed E-state index contributed by atoms with van der Waals surface area (Å²) in [5.74, 6) is 0.143. The van der Waals surface area contributed by atoms with Gasteiger partial charge in [-0.3, -0.25) is 9.78 Å². The fourth-order valence-electron chi connectivity index (χ4n) is 2.77. The van der Waals surface area contributed by atoms with Crippen LogP contribution in [-0.2, 0) is 4.79 Å². The minimum atomic E-state index is 0.143. The van der Waals surface area contributed by atoms with E-state index in [0.717, 1.165) is 42.4 Å². The van der Waals surface area contributed by atoms with Crippen LogP contribution in [0.3, 0.4) is 0 Å². The predicted octanol–water partition coefficient (Wildman–Crippen LogP) is 2.24. The van der Waals surface area contributed by atoms with Crippen LogP contribution in [0, 0.1) is 0 Å². The number of likely N-dealkylation sites (tertiary alicyclic amines) is 1. The average Bonchev–Trinajstić information content (AvgIpc) is 2.55. The van der Waals surface area contributed by atoms with Gasteiger partial charge in [0, 0.05) is 36.3 Å². The van der Waals surface area contributed by atoms with Crippen molar-refractivity contribution in [3.63, 3.8) is 0 Å². The highest BCUT2D eigenvalue weighted by molar-refractivity contribution is 5.99. The van der Waals surface area contributed by atoms with E-state index < -0.39 is 0 Å². The van der Waals surface area contributed by atoms with Crippen LogP contribution in [0.1, 0.15) is 19.3 Å². The molecule has 0 saturated carbocycles. The number of nitrogen functional groups attached to an aromatic ring is 1. The summed E-state index contributed by atoms with van der Waals surface area (Å²) < 4.78 is 0. The van der Waals surface area contributed by atoms with E-state index in [4.69, 9.17) is 5.73 Å². The highest BCUT2D eigenvalue weighted by Gasteiger charge is 2.16. The topological polar surface area (TPSA) is 71.2 Å². The van der Waals surface area contributed by atoms with Gasteiger partial charge in [0.25, 0.3) is 0 Å². The molecule has 3 rings (SSSR count). The van der Waals surface area contributed by atoms with E-state index in [0.29, 0.717) is 12.2 Å². The zero-order chi connectivity index (χ0) is 14.7. The first kappa shape index (κ1) is 13.7. The Bertz CT molecular complexity index is 650. The van der Waals surface area contributed by atoms with Crippen molar-refractivity contribution < 1.29 is 4.79 Å². The monoisotopic (exact) mass is 284 g/mol. The maximum Gasteiger partial charge on any atom is 0.241 e. The molecule has 1 fully saturated rings. The summed E-state index contributed by atoms with van der Waals surface area (Å²) in [7, 11) is 0. The molecule has 2 heterocycles. The van der Waals surface area contributed by atoms with Crippen LogP contribution in [0.25, 0.3) is 10.8 Å². The minimum absolute atomic E-state index is 0.143. The first-order valence-corrected chi connectivity index (χ1v) is 7.39. The molecule has 0 atom stereocenters. The molecule has 1 saturated heterocycles. The van der Waals surface area contributed by atoms with Crippen molar-refractivity contribution in [2.24, 2.45) is 0 Å².